The maximum absolute atomic E-state index is 13.9. The van der Waals surface area contributed by atoms with Crippen molar-refractivity contribution >= 4 is 5.82 Å². The lowest BCUT2D eigenvalue weighted by Gasteiger charge is -2.13. The van der Waals surface area contributed by atoms with E-state index in [0.29, 0.717) is 23.5 Å². The summed E-state index contributed by atoms with van der Waals surface area (Å²) >= 11 is 0. The van der Waals surface area contributed by atoms with Crippen molar-refractivity contribution in [2.24, 2.45) is 0 Å². The molecule has 0 aliphatic carbocycles. The van der Waals surface area contributed by atoms with Gasteiger partial charge in [0.2, 0.25) is 0 Å². The molecule has 20 heavy (non-hydrogen) atoms. The minimum Gasteiger partial charge on any atom is -0.370 e. The summed E-state index contributed by atoms with van der Waals surface area (Å²) in [7, 11) is 0. The highest BCUT2D eigenvalue weighted by atomic mass is 19.1. The minimum absolute atomic E-state index is 0.363. The van der Waals surface area contributed by atoms with E-state index in [9.17, 15) is 4.39 Å². The standard InChI is InChI=1S/C15H19FN4/c1-4-7-18-15-10(3)14(19-13(5-2)20-15)11-6-8-17-9-12(11)16/h6,8-9H,4-5,7H2,1-3H3,(H,18,19,20). The molecule has 0 radical (unpaired) electrons. The van der Waals surface area contributed by atoms with Gasteiger partial charge in [-0.15, -0.1) is 0 Å². The first kappa shape index (κ1) is 14.4. The van der Waals surface area contributed by atoms with E-state index in [2.05, 4.69) is 27.2 Å². The Balaban J connectivity index is 2.54. The maximum atomic E-state index is 13.9. The van der Waals surface area contributed by atoms with Gasteiger partial charge in [-0.3, -0.25) is 4.98 Å². The van der Waals surface area contributed by atoms with E-state index >= 15 is 0 Å². The van der Waals surface area contributed by atoms with Gasteiger partial charge < -0.3 is 5.32 Å². The van der Waals surface area contributed by atoms with Crippen LogP contribution in [0.5, 0.6) is 0 Å². The van der Waals surface area contributed by atoms with Gasteiger partial charge in [0.25, 0.3) is 0 Å². The zero-order chi connectivity index (χ0) is 14.5. The highest BCUT2D eigenvalue weighted by molar-refractivity contribution is 5.68. The molecule has 0 fully saturated rings. The summed E-state index contributed by atoms with van der Waals surface area (Å²) in [6, 6.07) is 1.65. The van der Waals surface area contributed by atoms with Crippen molar-refractivity contribution in [3.63, 3.8) is 0 Å². The van der Waals surface area contributed by atoms with E-state index in [-0.39, 0.29) is 5.82 Å². The number of halogens is 1. The van der Waals surface area contributed by atoms with Crippen LogP contribution in [0.4, 0.5) is 10.2 Å². The highest BCUT2D eigenvalue weighted by Gasteiger charge is 2.14. The van der Waals surface area contributed by atoms with Gasteiger partial charge in [0.15, 0.2) is 5.82 Å². The number of anilines is 1. The molecule has 0 atom stereocenters. The van der Waals surface area contributed by atoms with Crippen molar-refractivity contribution in [1.29, 1.82) is 0 Å². The molecule has 0 bridgehead atoms. The lowest BCUT2D eigenvalue weighted by molar-refractivity contribution is 0.624. The molecule has 0 saturated heterocycles. The molecule has 0 unspecified atom stereocenters. The lowest BCUT2D eigenvalue weighted by Crippen LogP contribution is -2.09. The molecule has 0 saturated carbocycles. The predicted molar refractivity (Wildman–Crippen MR) is 78.1 cm³/mol. The smallest absolute Gasteiger partial charge is 0.150 e. The number of nitrogens with zero attached hydrogens (tertiary/aromatic N) is 3. The van der Waals surface area contributed by atoms with Gasteiger partial charge in [0.05, 0.1) is 11.9 Å². The molecule has 0 aliphatic heterocycles. The van der Waals surface area contributed by atoms with Gasteiger partial charge in [-0.25, -0.2) is 14.4 Å². The van der Waals surface area contributed by atoms with Crippen LogP contribution in [0.3, 0.4) is 0 Å². The van der Waals surface area contributed by atoms with E-state index in [4.69, 9.17) is 0 Å². The predicted octanol–water partition coefficient (Wildman–Crippen LogP) is 3.37. The van der Waals surface area contributed by atoms with Crippen LogP contribution in [-0.2, 0) is 6.42 Å². The fourth-order valence-corrected chi connectivity index (χ4v) is 1.97. The molecule has 106 valence electrons. The maximum Gasteiger partial charge on any atom is 0.150 e. The molecule has 4 nitrogen and oxygen atoms in total. The summed E-state index contributed by atoms with van der Waals surface area (Å²) in [5.41, 5.74) is 1.96. The Bertz CT molecular complexity index is 598. The Kier molecular flexibility index (Phi) is 4.61. The molecule has 0 aliphatic rings. The Hall–Kier alpha value is -2.04. The number of pyridine rings is 1. The minimum atomic E-state index is -0.363. The summed E-state index contributed by atoms with van der Waals surface area (Å²) in [5.74, 6) is 1.13. The summed E-state index contributed by atoms with van der Waals surface area (Å²) in [4.78, 5) is 12.7. The zero-order valence-corrected chi connectivity index (χ0v) is 12.1. The second-order valence-electron chi connectivity index (χ2n) is 4.60. The monoisotopic (exact) mass is 274 g/mol. The second kappa shape index (κ2) is 6.41. The summed E-state index contributed by atoms with van der Waals surface area (Å²) in [5, 5.41) is 3.28. The number of aromatic nitrogens is 3. The molecular weight excluding hydrogens is 255 g/mol. The summed E-state index contributed by atoms with van der Waals surface area (Å²) in [6.07, 6.45) is 4.50. The van der Waals surface area contributed by atoms with Gasteiger partial charge in [-0.05, 0) is 19.4 Å². The van der Waals surface area contributed by atoms with Crippen molar-refractivity contribution in [2.45, 2.75) is 33.6 Å². The Morgan fingerprint density at radius 2 is 2.05 bits per heavy atom. The van der Waals surface area contributed by atoms with E-state index in [0.717, 1.165) is 24.3 Å². The third-order valence-corrected chi connectivity index (χ3v) is 3.08. The van der Waals surface area contributed by atoms with E-state index in [1.165, 1.54) is 6.20 Å². The molecular formula is C15H19FN4. The van der Waals surface area contributed by atoms with Crippen molar-refractivity contribution in [2.75, 3.05) is 11.9 Å². The van der Waals surface area contributed by atoms with Crippen molar-refractivity contribution in [3.05, 3.63) is 35.7 Å². The topological polar surface area (TPSA) is 50.7 Å². The largest absolute Gasteiger partial charge is 0.370 e. The van der Waals surface area contributed by atoms with Crippen LogP contribution in [0.25, 0.3) is 11.3 Å². The molecule has 2 aromatic heterocycles. The van der Waals surface area contributed by atoms with Crippen LogP contribution in [0, 0.1) is 12.7 Å². The molecule has 2 rings (SSSR count). The van der Waals surface area contributed by atoms with Crippen LogP contribution < -0.4 is 5.32 Å². The number of nitrogens with one attached hydrogen (secondary N) is 1. The zero-order valence-electron chi connectivity index (χ0n) is 12.1. The lowest BCUT2D eigenvalue weighted by atomic mass is 10.1. The molecule has 1 N–H and O–H groups in total. The van der Waals surface area contributed by atoms with Gasteiger partial charge in [0.1, 0.15) is 11.6 Å². The molecule has 2 aromatic rings. The molecule has 0 amide bonds. The summed E-state index contributed by atoms with van der Waals surface area (Å²) < 4.78 is 13.9. The van der Waals surface area contributed by atoms with Gasteiger partial charge in [-0.1, -0.05) is 13.8 Å². The average molecular weight is 274 g/mol. The fraction of sp³-hybridized carbons (Fsp3) is 0.400. The van der Waals surface area contributed by atoms with Crippen LogP contribution in [0.2, 0.25) is 0 Å². The van der Waals surface area contributed by atoms with Crippen LogP contribution in [-0.4, -0.2) is 21.5 Å². The first-order valence-electron chi connectivity index (χ1n) is 6.88. The average Bonchev–Trinajstić information content (AvgIpc) is 2.47. The third-order valence-electron chi connectivity index (χ3n) is 3.08. The summed E-state index contributed by atoms with van der Waals surface area (Å²) in [6.45, 7) is 6.82. The number of hydrogen-bond donors (Lipinski definition) is 1. The highest BCUT2D eigenvalue weighted by Crippen LogP contribution is 2.27. The van der Waals surface area contributed by atoms with Crippen molar-refractivity contribution in [1.82, 2.24) is 15.0 Å². The molecule has 0 spiro atoms. The second-order valence-corrected chi connectivity index (χ2v) is 4.60. The van der Waals surface area contributed by atoms with E-state index < -0.39 is 0 Å². The third kappa shape index (κ3) is 2.92. The first-order chi connectivity index (χ1) is 9.67. The first-order valence-corrected chi connectivity index (χ1v) is 6.88. The van der Waals surface area contributed by atoms with Crippen LogP contribution >= 0.6 is 0 Å². The van der Waals surface area contributed by atoms with E-state index in [1.54, 1.807) is 12.3 Å². The van der Waals surface area contributed by atoms with Gasteiger partial charge in [-0.2, -0.15) is 0 Å². The Morgan fingerprint density at radius 3 is 2.70 bits per heavy atom. The quantitative estimate of drug-likeness (QED) is 0.908. The van der Waals surface area contributed by atoms with Crippen molar-refractivity contribution in [3.8, 4) is 11.3 Å². The van der Waals surface area contributed by atoms with Gasteiger partial charge >= 0.3 is 0 Å². The molecule has 0 aromatic carbocycles. The van der Waals surface area contributed by atoms with E-state index in [1.807, 2.05) is 13.8 Å². The molecule has 2 heterocycles. The number of rotatable bonds is 5. The normalized spacial score (nSPS) is 10.6. The van der Waals surface area contributed by atoms with Gasteiger partial charge in [0, 0.05) is 30.3 Å². The fourth-order valence-electron chi connectivity index (χ4n) is 1.97. The SMILES string of the molecule is CCCNc1nc(CC)nc(-c2ccncc2F)c1C. The molecule has 5 heteroatoms. The number of hydrogen-bond acceptors (Lipinski definition) is 4. The van der Waals surface area contributed by atoms with Crippen LogP contribution in [0.15, 0.2) is 18.5 Å². The Labute approximate surface area is 118 Å². The van der Waals surface area contributed by atoms with Crippen LogP contribution in [0.1, 0.15) is 31.7 Å². The number of aryl methyl sites for hydroxylation is 1. The Morgan fingerprint density at radius 1 is 1.25 bits per heavy atom. The van der Waals surface area contributed by atoms with Crippen molar-refractivity contribution < 1.29 is 4.39 Å².